The molecule has 1 aromatic rings. The fourth-order valence-corrected chi connectivity index (χ4v) is 3.59. The molecule has 2 N–H and O–H groups in total. The van der Waals surface area contributed by atoms with Crippen LogP contribution >= 0.6 is 28.3 Å². The maximum absolute atomic E-state index is 12.4. The second-order valence-corrected chi connectivity index (χ2v) is 7.45. The van der Waals surface area contributed by atoms with Gasteiger partial charge in [-0.05, 0) is 73.4 Å². The summed E-state index contributed by atoms with van der Waals surface area (Å²) in [5, 5.41) is 6.40. The van der Waals surface area contributed by atoms with Crippen LogP contribution in [0.25, 0.3) is 0 Å². The fraction of sp³-hybridized carbons (Fsp3) is 0.611. The predicted molar refractivity (Wildman–Crippen MR) is 106 cm³/mol. The van der Waals surface area contributed by atoms with Crippen LogP contribution in [-0.4, -0.2) is 45.4 Å². The van der Waals surface area contributed by atoms with Crippen LogP contribution in [0.3, 0.4) is 0 Å². The van der Waals surface area contributed by atoms with Crippen molar-refractivity contribution < 1.29 is 14.3 Å². The first kappa shape index (κ1) is 22.2. The van der Waals surface area contributed by atoms with Gasteiger partial charge in [0.1, 0.15) is 5.75 Å². The van der Waals surface area contributed by atoms with Crippen LogP contribution < -0.4 is 15.4 Å². The molecule has 0 spiro atoms. The number of carbonyl (C=O) groups is 1. The standard InChI is InChI=1S/C18H27BrN2O3.ClH/c1-13-4-5-16(15(19)10-13)24-14(2)17(22)21-11-18(12-23-3)6-8-20-9-7-18;/h4-5,10,14,20H,6-9,11-12H2,1-3H3,(H,21,22);1H. The second kappa shape index (κ2) is 10.4. The molecule has 0 aromatic heterocycles. The van der Waals surface area contributed by atoms with Crippen molar-refractivity contribution in [3.8, 4) is 5.75 Å². The molecule has 0 radical (unpaired) electrons. The molecule has 0 aliphatic carbocycles. The molecule has 1 unspecified atom stereocenters. The summed E-state index contributed by atoms with van der Waals surface area (Å²) >= 11 is 3.48. The first-order valence-electron chi connectivity index (χ1n) is 8.36. The minimum atomic E-state index is -0.551. The predicted octanol–water partition coefficient (Wildman–Crippen LogP) is 3.08. The maximum Gasteiger partial charge on any atom is 0.260 e. The normalized spacial score (nSPS) is 17.3. The van der Waals surface area contributed by atoms with Gasteiger partial charge < -0.3 is 20.1 Å². The van der Waals surface area contributed by atoms with Gasteiger partial charge in [0.05, 0.1) is 11.1 Å². The molecule has 1 heterocycles. The zero-order chi connectivity index (χ0) is 17.6. The third kappa shape index (κ3) is 6.44. The minimum Gasteiger partial charge on any atom is -0.480 e. The summed E-state index contributed by atoms with van der Waals surface area (Å²) in [5.41, 5.74) is 1.15. The van der Waals surface area contributed by atoms with E-state index in [0.29, 0.717) is 18.9 Å². The van der Waals surface area contributed by atoms with Gasteiger partial charge in [-0.3, -0.25) is 4.79 Å². The summed E-state index contributed by atoms with van der Waals surface area (Å²) in [4.78, 5) is 12.4. The Morgan fingerprint density at radius 2 is 2.08 bits per heavy atom. The van der Waals surface area contributed by atoms with Crippen molar-refractivity contribution in [2.45, 2.75) is 32.8 Å². The highest BCUT2D eigenvalue weighted by Crippen LogP contribution is 2.29. The number of hydrogen-bond acceptors (Lipinski definition) is 4. The molecule has 7 heteroatoms. The van der Waals surface area contributed by atoms with Crippen molar-refractivity contribution in [2.24, 2.45) is 5.41 Å². The smallest absolute Gasteiger partial charge is 0.260 e. The summed E-state index contributed by atoms with van der Waals surface area (Å²) in [7, 11) is 1.71. The largest absolute Gasteiger partial charge is 0.480 e. The van der Waals surface area contributed by atoms with Crippen molar-refractivity contribution in [2.75, 3.05) is 33.4 Å². The number of rotatable bonds is 7. The average Bonchev–Trinajstić information content (AvgIpc) is 2.56. The van der Waals surface area contributed by atoms with Crippen molar-refractivity contribution in [3.63, 3.8) is 0 Å². The summed E-state index contributed by atoms with van der Waals surface area (Å²) in [6, 6.07) is 5.82. The molecule has 0 bridgehead atoms. The lowest BCUT2D eigenvalue weighted by atomic mass is 9.79. The van der Waals surface area contributed by atoms with Gasteiger partial charge >= 0.3 is 0 Å². The highest BCUT2D eigenvalue weighted by Gasteiger charge is 2.33. The Morgan fingerprint density at radius 1 is 1.40 bits per heavy atom. The Hall–Kier alpha value is -0.820. The number of ether oxygens (including phenoxy) is 2. The van der Waals surface area contributed by atoms with Crippen LogP contribution in [0, 0.1) is 12.3 Å². The molecule has 1 amide bonds. The molecule has 1 aromatic carbocycles. The lowest BCUT2D eigenvalue weighted by molar-refractivity contribution is -0.128. The Balaban J connectivity index is 0.00000312. The van der Waals surface area contributed by atoms with Gasteiger partial charge in [-0.2, -0.15) is 0 Å². The average molecular weight is 436 g/mol. The van der Waals surface area contributed by atoms with Crippen LogP contribution in [0.1, 0.15) is 25.3 Å². The van der Waals surface area contributed by atoms with E-state index in [9.17, 15) is 4.79 Å². The number of nitrogens with one attached hydrogen (secondary N) is 2. The van der Waals surface area contributed by atoms with Gasteiger partial charge in [0.15, 0.2) is 6.10 Å². The number of amides is 1. The van der Waals surface area contributed by atoms with E-state index in [0.717, 1.165) is 36.0 Å². The lowest BCUT2D eigenvalue weighted by Gasteiger charge is -2.37. The van der Waals surface area contributed by atoms with Crippen molar-refractivity contribution in [1.82, 2.24) is 10.6 Å². The number of halogens is 2. The maximum atomic E-state index is 12.4. The van der Waals surface area contributed by atoms with Crippen LogP contribution in [0.4, 0.5) is 0 Å². The summed E-state index contributed by atoms with van der Waals surface area (Å²) in [6.45, 7) is 6.98. The van der Waals surface area contributed by atoms with Crippen molar-refractivity contribution in [3.05, 3.63) is 28.2 Å². The number of carbonyl (C=O) groups excluding carboxylic acids is 1. The van der Waals surface area contributed by atoms with Crippen LogP contribution in [0.2, 0.25) is 0 Å². The Kier molecular flexibility index (Phi) is 9.21. The molecule has 5 nitrogen and oxygen atoms in total. The van der Waals surface area contributed by atoms with E-state index in [4.69, 9.17) is 9.47 Å². The molecule has 1 aliphatic heterocycles. The molecule has 0 saturated carbocycles. The molecular weight excluding hydrogens is 408 g/mol. The molecule has 1 saturated heterocycles. The minimum absolute atomic E-state index is 0. The molecule has 1 fully saturated rings. The molecule has 142 valence electrons. The molecule has 2 rings (SSSR count). The summed E-state index contributed by atoms with van der Waals surface area (Å²) < 4.78 is 12.0. The van der Waals surface area contributed by atoms with E-state index in [1.165, 1.54) is 0 Å². The zero-order valence-electron chi connectivity index (χ0n) is 15.1. The third-order valence-corrected chi connectivity index (χ3v) is 5.13. The summed E-state index contributed by atoms with van der Waals surface area (Å²) in [5.74, 6) is 0.577. The van der Waals surface area contributed by atoms with Gasteiger partial charge in [0.25, 0.3) is 5.91 Å². The molecule has 1 atom stereocenters. The Labute approximate surface area is 164 Å². The molecule has 1 aliphatic rings. The molecule has 25 heavy (non-hydrogen) atoms. The monoisotopic (exact) mass is 434 g/mol. The fourth-order valence-electron chi connectivity index (χ4n) is 3.00. The quantitative estimate of drug-likeness (QED) is 0.691. The topological polar surface area (TPSA) is 59.6 Å². The van der Waals surface area contributed by atoms with Gasteiger partial charge in [-0.1, -0.05) is 6.07 Å². The van der Waals surface area contributed by atoms with Crippen LogP contribution in [-0.2, 0) is 9.53 Å². The van der Waals surface area contributed by atoms with Gasteiger partial charge in [-0.15, -0.1) is 12.4 Å². The van der Waals surface area contributed by atoms with Crippen LogP contribution in [0.5, 0.6) is 5.75 Å². The number of benzene rings is 1. The SMILES string of the molecule is COCC1(CNC(=O)C(C)Oc2ccc(C)cc2Br)CCNCC1.Cl. The van der Waals surface area contributed by atoms with Gasteiger partial charge in [0.2, 0.25) is 0 Å². The summed E-state index contributed by atoms with van der Waals surface area (Å²) in [6.07, 6.45) is 1.45. The van der Waals surface area contributed by atoms with Crippen molar-refractivity contribution in [1.29, 1.82) is 0 Å². The van der Waals surface area contributed by atoms with E-state index in [1.807, 2.05) is 25.1 Å². The number of aryl methyl sites for hydroxylation is 1. The number of methoxy groups -OCH3 is 1. The Morgan fingerprint density at radius 3 is 2.68 bits per heavy atom. The van der Waals surface area contributed by atoms with E-state index in [2.05, 4.69) is 26.6 Å². The highest BCUT2D eigenvalue weighted by molar-refractivity contribution is 9.10. The van der Waals surface area contributed by atoms with Gasteiger partial charge in [-0.25, -0.2) is 0 Å². The first-order chi connectivity index (χ1) is 11.5. The van der Waals surface area contributed by atoms with E-state index in [-0.39, 0.29) is 23.7 Å². The second-order valence-electron chi connectivity index (χ2n) is 6.59. The molecular formula is C18H28BrClN2O3. The van der Waals surface area contributed by atoms with E-state index >= 15 is 0 Å². The van der Waals surface area contributed by atoms with Crippen molar-refractivity contribution >= 4 is 34.2 Å². The van der Waals surface area contributed by atoms with Crippen LogP contribution in [0.15, 0.2) is 22.7 Å². The Bertz CT molecular complexity index is 560. The lowest BCUT2D eigenvalue weighted by Crippen LogP contribution is -2.49. The van der Waals surface area contributed by atoms with E-state index in [1.54, 1.807) is 14.0 Å². The number of hydrogen-bond donors (Lipinski definition) is 2. The highest BCUT2D eigenvalue weighted by atomic mass is 79.9. The number of piperidine rings is 1. The van der Waals surface area contributed by atoms with E-state index < -0.39 is 6.10 Å². The third-order valence-electron chi connectivity index (χ3n) is 4.51. The first-order valence-corrected chi connectivity index (χ1v) is 9.15. The van der Waals surface area contributed by atoms with Gasteiger partial charge in [0, 0.05) is 19.1 Å². The zero-order valence-corrected chi connectivity index (χ0v) is 17.5.